The molecule has 0 aliphatic carbocycles. The number of hydrogen-bond acceptors (Lipinski definition) is 5. The second-order valence-electron chi connectivity index (χ2n) is 10.9. The highest BCUT2D eigenvalue weighted by molar-refractivity contribution is 7.31. The van der Waals surface area contributed by atoms with Crippen LogP contribution in [-0.2, 0) is 4.74 Å². The summed E-state index contributed by atoms with van der Waals surface area (Å²) >= 11 is 3.56. The molecular weight excluding hydrogens is 545 g/mol. The summed E-state index contributed by atoms with van der Waals surface area (Å²) in [5.74, 6) is -1.52. The molecule has 4 nitrogen and oxygen atoms in total. The van der Waals surface area contributed by atoms with E-state index in [0.717, 1.165) is 20.5 Å². The number of rotatable bonds is 6. The quantitative estimate of drug-likeness (QED) is 0.172. The average molecular weight is 575 g/mol. The van der Waals surface area contributed by atoms with Crippen molar-refractivity contribution in [2.45, 2.75) is 32.7 Å². The Morgan fingerprint density at radius 2 is 1.34 bits per heavy atom. The molecule has 194 valence electrons. The van der Waals surface area contributed by atoms with Crippen LogP contribution in [0.15, 0.2) is 60.7 Å². The zero-order chi connectivity index (χ0) is 27.4. The van der Waals surface area contributed by atoms with Crippen LogP contribution in [0.25, 0.3) is 42.4 Å². The van der Waals surface area contributed by atoms with Gasteiger partial charge in [-0.05, 0) is 78.4 Å². The Balaban J connectivity index is 1.71. The van der Waals surface area contributed by atoms with E-state index < -0.39 is 28.8 Å². The van der Waals surface area contributed by atoms with Gasteiger partial charge in [0.1, 0.15) is 0 Å². The van der Waals surface area contributed by atoms with Gasteiger partial charge in [0.15, 0.2) is 0 Å². The van der Waals surface area contributed by atoms with Crippen LogP contribution in [0.4, 0.5) is 0 Å². The van der Waals surface area contributed by atoms with Crippen LogP contribution in [0.1, 0.15) is 20.7 Å². The highest BCUT2D eigenvalue weighted by Gasteiger charge is 2.23. The van der Waals surface area contributed by atoms with Gasteiger partial charge in [0.2, 0.25) is 0 Å². The molecule has 5 aromatic rings. The van der Waals surface area contributed by atoms with Crippen molar-refractivity contribution in [3.8, 4) is 22.3 Å². The number of ether oxygens (including phenoxy) is 1. The van der Waals surface area contributed by atoms with Gasteiger partial charge in [-0.25, -0.2) is 9.59 Å². The average Bonchev–Trinajstić information content (AvgIpc) is 3.51. The number of esters is 1. The molecule has 38 heavy (non-hydrogen) atoms. The van der Waals surface area contributed by atoms with E-state index in [0.29, 0.717) is 16.7 Å². The predicted molar refractivity (Wildman–Crippen MR) is 168 cm³/mol. The van der Waals surface area contributed by atoms with Gasteiger partial charge in [-0.1, -0.05) is 57.0 Å². The maximum atomic E-state index is 13.0. The van der Waals surface area contributed by atoms with Gasteiger partial charge in [0, 0.05) is 9.40 Å². The first-order valence-electron chi connectivity index (χ1n) is 12.5. The van der Waals surface area contributed by atoms with Crippen LogP contribution in [0.5, 0.6) is 0 Å². The fourth-order valence-corrected chi connectivity index (χ4v) is 10.3. The van der Waals surface area contributed by atoms with Crippen LogP contribution in [0.2, 0.25) is 32.7 Å². The molecule has 2 aromatic heterocycles. The summed E-state index contributed by atoms with van der Waals surface area (Å²) in [7, 11) is -1.06. The Kier molecular flexibility index (Phi) is 6.94. The van der Waals surface area contributed by atoms with Crippen molar-refractivity contribution >= 4 is 80.7 Å². The van der Waals surface area contributed by atoms with Crippen molar-refractivity contribution in [2.75, 3.05) is 7.11 Å². The molecule has 2 heterocycles. The summed E-state index contributed by atoms with van der Waals surface area (Å²) in [4.78, 5) is 25.5. The van der Waals surface area contributed by atoms with Crippen LogP contribution in [0.3, 0.4) is 0 Å². The number of carboxylic acids is 1. The van der Waals surface area contributed by atoms with E-state index in [9.17, 15) is 14.7 Å². The lowest BCUT2D eigenvalue weighted by atomic mass is 9.90. The summed E-state index contributed by atoms with van der Waals surface area (Å²) in [5, 5.41) is 12.6. The van der Waals surface area contributed by atoms with Gasteiger partial charge in [0.25, 0.3) is 0 Å². The van der Waals surface area contributed by atoms with Gasteiger partial charge in [-0.15, -0.1) is 22.7 Å². The lowest BCUT2D eigenvalue weighted by Gasteiger charge is -2.14. The number of fused-ring (bicyclic) bond motifs is 2. The molecule has 0 spiro atoms. The molecule has 0 aliphatic heterocycles. The SMILES string of the molecule is COC(=O)c1cc(-c2ccc3cc([SiH](C)C)sc3c2)c(C(=O)O)cc1-c1ccc2cc([Si](C)(C)C)sc2c1. The van der Waals surface area contributed by atoms with Gasteiger partial charge in [0.05, 0.1) is 35.1 Å². The summed E-state index contributed by atoms with van der Waals surface area (Å²) < 4.78 is 10.2. The first-order valence-corrected chi connectivity index (χ1v) is 20.6. The minimum atomic E-state index is -1.47. The second kappa shape index (κ2) is 9.92. The molecule has 1 N–H and O–H groups in total. The molecule has 3 aromatic carbocycles. The van der Waals surface area contributed by atoms with Gasteiger partial charge in [-0.3, -0.25) is 0 Å². The van der Waals surface area contributed by atoms with Crippen molar-refractivity contribution in [1.29, 1.82) is 0 Å². The molecule has 8 heteroatoms. The van der Waals surface area contributed by atoms with Gasteiger partial charge < -0.3 is 9.84 Å². The van der Waals surface area contributed by atoms with E-state index in [1.54, 1.807) is 34.8 Å². The van der Waals surface area contributed by atoms with E-state index in [1.807, 2.05) is 24.3 Å². The number of hydrogen-bond donors (Lipinski definition) is 1. The van der Waals surface area contributed by atoms with Crippen molar-refractivity contribution in [3.05, 3.63) is 71.8 Å². The number of methoxy groups -OCH3 is 1. The third-order valence-corrected chi connectivity index (χ3v) is 15.5. The van der Waals surface area contributed by atoms with Crippen LogP contribution in [-0.4, -0.2) is 41.0 Å². The Morgan fingerprint density at radius 3 is 1.89 bits per heavy atom. The molecule has 5 rings (SSSR count). The van der Waals surface area contributed by atoms with E-state index in [2.05, 4.69) is 57.0 Å². The monoisotopic (exact) mass is 574 g/mol. The first-order chi connectivity index (χ1) is 18.0. The predicted octanol–water partition coefficient (Wildman–Crippen LogP) is 7.17. The molecule has 0 unspecified atom stereocenters. The van der Waals surface area contributed by atoms with Crippen molar-refractivity contribution < 1.29 is 19.4 Å². The molecule has 0 aliphatic rings. The largest absolute Gasteiger partial charge is 0.478 e. The van der Waals surface area contributed by atoms with Gasteiger partial charge >= 0.3 is 11.9 Å². The lowest BCUT2D eigenvalue weighted by molar-refractivity contribution is 0.0599. The van der Waals surface area contributed by atoms with E-state index in [4.69, 9.17) is 4.74 Å². The van der Waals surface area contributed by atoms with E-state index >= 15 is 0 Å². The van der Waals surface area contributed by atoms with Crippen molar-refractivity contribution in [2.24, 2.45) is 0 Å². The molecule has 0 atom stereocenters. The maximum absolute atomic E-state index is 13.0. The Hall–Kier alpha value is -3.05. The lowest BCUT2D eigenvalue weighted by Crippen LogP contribution is -2.34. The van der Waals surface area contributed by atoms with Crippen molar-refractivity contribution in [1.82, 2.24) is 0 Å². The minimum Gasteiger partial charge on any atom is -0.478 e. The number of thiophene rings is 2. The molecule has 0 fully saturated rings. The smallest absolute Gasteiger partial charge is 0.338 e. The van der Waals surface area contributed by atoms with Crippen molar-refractivity contribution in [3.63, 3.8) is 0 Å². The molecule has 0 radical (unpaired) electrons. The highest BCUT2D eigenvalue weighted by Crippen LogP contribution is 2.37. The fraction of sp³-hybridized carbons (Fsp3) is 0.200. The van der Waals surface area contributed by atoms with Crippen LogP contribution in [0, 0.1) is 0 Å². The normalized spacial score (nSPS) is 12.0. The molecule has 0 saturated carbocycles. The highest BCUT2D eigenvalue weighted by atomic mass is 32.1. The summed E-state index contributed by atoms with van der Waals surface area (Å²) in [6.07, 6.45) is 0. The number of aromatic carboxylic acids is 1. The zero-order valence-electron chi connectivity index (χ0n) is 22.3. The number of benzene rings is 3. The summed E-state index contributed by atoms with van der Waals surface area (Å²) in [6.45, 7) is 11.6. The fourth-order valence-electron chi connectivity index (χ4n) is 4.61. The Bertz CT molecular complexity index is 1720. The maximum Gasteiger partial charge on any atom is 0.338 e. The first kappa shape index (κ1) is 26.6. The second-order valence-corrected chi connectivity index (χ2v) is 21.9. The number of carbonyl (C=O) groups is 2. The zero-order valence-corrected chi connectivity index (χ0v) is 26.1. The number of carboxylic acid groups (broad SMARTS) is 1. The third-order valence-electron chi connectivity index (χ3n) is 6.78. The molecule has 0 saturated heterocycles. The Morgan fingerprint density at radius 1 is 0.789 bits per heavy atom. The van der Waals surface area contributed by atoms with Gasteiger partial charge in [-0.2, -0.15) is 0 Å². The molecule has 0 bridgehead atoms. The molecular formula is C30H30O4S2Si2. The number of carbonyl (C=O) groups excluding carboxylic acids is 1. The minimum absolute atomic E-state index is 0.163. The summed E-state index contributed by atoms with van der Waals surface area (Å²) in [6, 6.07) is 19.9. The van der Waals surface area contributed by atoms with Crippen LogP contribution >= 0.6 is 22.7 Å². The topological polar surface area (TPSA) is 63.6 Å². The van der Waals surface area contributed by atoms with E-state index in [-0.39, 0.29) is 5.56 Å². The Labute approximate surface area is 233 Å². The molecule has 0 amide bonds. The summed E-state index contributed by atoms with van der Waals surface area (Å²) in [5.41, 5.74) is 3.17. The third kappa shape index (κ3) is 4.89. The van der Waals surface area contributed by atoms with Crippen LogP contribution < -0.4 is 9.00 Å². The standard InChI is InChI=1S/C30H30O4S2Si2/c1-34-30(33)24-16-21(17-7-9-19-13-27(37(2)3)35-25(19)11-17)23(29(31)32)15-22(24)18-8-10-20-14-28(38(4,5)6)36-26(20)12-18/h7-16,37H,1-6H3,(H,31,32). The van der Waals surface area contributed by atoms with E-state index in [1.165, 1.54) is 26.9 Å².